The normalized spacial score (nSPS) is 31.4. The van der Waals surface area contributed by atoms with Crippen LogP contribution in [-0.4, -0.2) is 41.0 Å². The fourth-order valence-corrected chi connectivity index (χ4v) is 3.93. The number of esters is 1. The lowest BCUT2D eigenvalue weighted by Crippen LogP contribution is -2.44. The summed E-state index contributed by atoms with van der Waals surface area (Å²) < 4.78 is 10.8. The molecule has 0 radical (unpaired) electrons. The molecule has 9 nitrogen and oxygen atoms in total. The fraction of sp³-hybridized carbons (Fsp3) is 0.353. The monoisotopic (exact) mass is 358 g/mol. The van der Waals surface area contributed by atoms with Gasteiger partial charge in [0.05, 0.1) is 22.9 Å². The van der Waals surface area contributed by atoms with Gasteiger partial charge in [-0.05, 0) is 12.1 Å². The van der Waals surface area contributed by atoms with Gasteiger partial charge in [0.1, 0.15) is 17.9 Å². The van der Waals surface area contributed by atoms with Gasteiger partial charge in [0.2, 0.25) is 11.8 Å². The third-order valence-corrected chi connectivity index (χ3v) is 4.98. The Morgan fingerprint density at radius 3 is 2.77 bits per heavy atom. The van der Waals surface area contributed by atoms with E-state index in [1.54, 1.807) is 12.2 Å². The van der Waals surface area contributed by atoms with E-state index in [9.17, 15) is 24.5 Å². The number of imide groups is 1. The van der Waals surface area contributed by atoms with Crippen molar-refractivity contribution in [3.8, 4) is 0 Å². The number of nitro groups is 1. The molecule has 1 aromatic carbocycles. The van der Waals surface area contributed by atoms with Gasteiger partial charge >= 0.3 is 5.97 Å². The average Bonchev–Trinajstić information content (AvgIpc) is 3.24. The lowest BCUT2D eigenvalue weighted by Gasteiger charge is -2.27. The first-order valence-corrected chi connectivity index (χ1v) is 7.97. The molecule has 3 aliphatic rings. The van der Waals surface area contributed by atoms with Crippen molar-refractivity contribution < 1.29 is 28.8 Å². The fourth-order valence-electron chi connectivity index (χ4n) is 3.93. The maximum absolute atomic E-state index is 13.0. The summed E-state index contributed by atoms with van der Waals surface area (Å²) in [5.41, 5.74) is -1.61. The molecule has 0 aliphatic carbocycles. The highest BCUT2D eigenvalue weighted by atomic mass is 16.6. The van der Waals surface area contributed by atoms with Crippen molar-refractivity contribution in [3.05, 3.63) is 46.5 Å². The highest BCUT2D eigenvalue weighted by molar-refractivity contribution is 6.24. The molecule has 2 saturated heterocycles. The smallest absolute Gasteiger partial charge is 0.302 e. The molecule has 4 atom stereocenters. The van der Waals surface area contributed by atoms with Crippen molar-refractivity contribution in [1.29, 1.82) is 0 Å². The summed E-state index contributed by atoms with van der Waals surface area (Å²) in [5, 5.41) is 11.3. The van der Waals surface area contributed by atoms with E-state index in [4.69, 9.17) is 9.47 Å². The molecule has 3 heterocycles. The standard InChI is InChI=1S/C17H14N2O7/c1-9(20)25-8-17-7-6-12(26-17)13-14(17)16(22)18(15(13)21)10-4-2-3-5-11(10)19(23)24/h2-7,12-14H,8H2,1H3/t12-,13+,14+,17-/m1/s1. The summed E-state index contributed by atoms with van der Waals surface area (Å²) >= 11 is 0. The van der Waals surface area contributed by atoms with Crippen molar-refractivity contribution >= 4 is 29.2 Å². The number of fused-ring (bicyclic) bond motifs is 5. The molecule has 0 N–H and O–H groups in total. The molecule has 0 unspecified atom stereocenters. The summed E-state index contributed by atoms with van der Waals surface area (Å²) in [5.74, 6) is -3.34. The molecule has 2 fully saturated rings. The van der Waals surface area contributed by atoms with Crippen LogP contribution >= 0.6 is 0 Å². The quantitative estimate of drug-likeness (QED) is 0.259. The molecule has 1 aromatic rings. The summed E-state index contributed by atoms with van der Waals surface area (Å²) in [6, 6.07) is 5.59. The lowest BCUT2D eigenvalue weighted by molar-refractivity contribution is -0.384. The zero-order valence-electron chi connectivity index (χ0n) is 13.7. The van der Waals surface area contributed by atoms with Crippen molar-refractivity contribution in [2.45, 2.75) is 18.6 Å². The average molecular weight is 358 g/mol. The minimum atomic E-state index is -1.22. The highest BCUT2D eigenvalue weighted by Gasteiger charge is 2.68. The Morgan fingerprint density at radius 2 is 2.08 bits per heavy atom. The van der Waals surface area contributed by atoms with Crippen LogP contribution in [0.2, 0.25) is 0 Å². The third kappa shape index (κ3) is 2.10. The largest absolute Gasteiger partial charge is 0.462 e. The van der Waals surface area contributed by atoms with Crippen LogP contribution in [0.4, 0.5) is 11.4 Å². The molecule has 0 aromatic heterocycles. The Bertz CT molecular complexity index is 880. The van der Waals surface area contributed by atoms with Crippen LogP contribution in [0.15, 0.2) is 36.4 Å². The van der Waals surface area contributed by atoms with Gasteiger partial charge in [-0.1, -0.05) is 18.2 Å². The second-order valence-electron chi connectivity index (χ2n) is 6.44. The van der Waals surface area contributed by atoms with Crippen LogP contribution in [0.1, 0.15) is 6.92 Å². The molecular formula is C17H14N2O7. The zero-order valence-corrected chi connectivity index (χ0v) is 13.7. The maximum atomic E-state index is 13.0. The van der Waals surface area contributed by atoms with Gasteiger partial charge in [0.15, 0.2) is 0 Å². The minimum Gasteiger partial charge on any atom is -0.462 e. The number of anilines is 1. The summed E-state index contributed by atoms with van der Waals surface area (Å²) in [7, 11) is 0. The predicted octanol–water partition coefficient (Wildman–Crippen LogP) is 0.971. The molecule has 9 heteroatoms. The molecule has 26 heavy (non-hydrogen) atoms. The van der Waals surface area contributed by atoms with Gasteiger partial charge in [0.25, 0.3) is 5.69 Å². The number of carbonyl (C=O) groups is 3. The number of para-hydroxylation sites is 2. The number of amides is 2. The van der Waals surface area contributed by atoms with Crippen LogP contribution in [0.25, 0.3) is 0 Å². The van der Waals surface area contributed by atoms with Gasteiger partial charge in [0, 0.05) is 13.0 Å². The van der Waals surface area contributed by atoms with E-state index >= 15 is 0 Å². The maximum Gasteiger partial charge on any atom is 0.302 e. The third-order valence-electron chi connectivity index (χ3n) is 4.98. The lowest BCUT2D eigenvalue weighted by atomic mass is 9.77. The topological polar surface area (TPSA) is 116 Å². The number of hydrogen-bond donors (Lipinski definition) is 0. The van der Waals surface area contributed by atoms with E-state index < -0.39 is 46.2 Å². The molecule has 2 amide bonds. The number of ether oxygens (including phenoxy) is 2. The second-order valence-corrected chi connectivity index (χ2v) is 6.44. The Balaban J connectivity index is 1.74. The second kappa shape index (κ2) is 5.46. The first-order chi connectivity index (χ1) is 12.4. The summed E-state index contributed by atoms with van der Waals surface area (Å²) in [6.07, 6.45) is 2.67. The molecule has 2 bridgehead atoms. The van der Waals surface area contributed by atoms with Crippen molar-refractivity contribution in [2.24, 2.45) is 11.8 Å². The first kappa shape index (κ1) is 16.4. The van der Waals surface area contributed by atoms with Crippen LogP contribution in [0.5, 0.6) is 0 Å². The molecule has 4 rings (SSSR count). The number of rotatable bonds is 4. The number of nitro benzene ring substituents is 1. The van der Waals surface area contributed by atoms with Crippen molar-refractivity contribution in [3.63, 3.8) is 0 Å². The molecule has 0 spiro atoms. The van der Waals surface area contributed by atoms with E-state index in [1.165, 1.54) is 31.2 Å². The first-order valence-electron chi connectivity index (χ1n) is 7.97. The van der Waals surface area contributed by atoms with E-state index in [-0.39, 0.29) is 18.0 Å². The van der Waals surface area contributed by atoms with Gasteiger partial charge in [-0.3, -0.25) is 24.5 Å². The minimum absolute atomic E-state index is 0.0658. The Hall–Kier alpha value is -3.07. The molecular weight excluding hydrogens is 344 g/mol. The van der Waals surface area contributed by atoms with E-state index in [0.717, 1.165) is 4.90 Å². The highest BCUT2D eigenvalue weighted by Crippen LogP contribution is 2.53. The van der Waals surface area contributed by atoms with Gasteiger partial charge in [-0.15, -0.1) is 0 Å². The number of nitrogens with zero attached hydrogens (tertiary/aromatic N) is 2. The van der Waals surface area contributed by atoms with Crippen molar-refractivity contribution in [1.82, 2.24) is 0 Å². The molecule has 134 valence electrons. The van der Waals surface area contributed by atoms with E-state index in [1.807, 2.05) is 0 Å². The summed E-state index contributed by atoms with van der Waals surface area (Å²) in [4.78, 5) is 48.6. The Morgan fingerprint density at radius 1 is 1.35 bits per heavy atom. The Kier molecular flexibility index (Phi) is 3.45. The SMILES string of the molecule is CC(=O)OC[C@@]12C=C[C@@H](O1)[C@@H]1C(=O)N(c3ccccc3[N+](=O)[O-])C(=O)[C@H]12. The van der Waals surface area contributed by atoms with Crippen LogP contribution < -0.4 is 4.90 Å². The van der Waals surface area contributed by atoms with Crippen LogP contribution in [0, 0.1) is 22.0 Å². The number of hydrogen-bond acceptors (Lipinski definition) is 7. The summed E-state index contributed by atoms with van der Waals surface area (Å²) in [6.45, 7) is 1.04. The van der Waals surface area contributed by atoms with E-state index in [2.05, 4.69) is 0 Å². The molecule has 3 aliphatic heterocycles. The van der Waals surface area contributed by atoms with E-state index in [0.29, 0.717) is 0 Å². The van der Waals surface area contributed by atoms with Gasteiger partial charge in [-0.25, -0.2) is 4.90 Å². The van der Waals surface area contributed by atoms with Gasteiger partial charge in [-0.2, -0.15) is 0 Å². The molecule has 0 saturated carbocycles. The van der Waals surface area contributed by atoms with Gasteiger partial charge < -0.3 is 9.47 Å². The van der Waals surface area contributed by atoms with Crippen LogP contribution in [0.3, 0.4) is 0 Å². The number of benzene rings is 1. The predicted molar refractivity (Wildman–Crippen MR) is 85.9 cm³/mol. The van der Waals surface area contributed by atoms with Crippen molar-refractivity contribution in [2.75, 3.05) is 11.5 Å². The van der Waals surface area contributed by atoms with Crippen LogP contribution in [-0.2, 0) is 23.9 Å². The zero-order chi connectivity index (χ0) is 18.6. The Labute approximate surface area is 147 Å². The number of carbonyl (C=O) groups excluding carboxylic acids is 3.